The Morgan fingerprint density at radius 2 is 1.70 bits per heavy atom. The maximum atomic E-state index is 14.6. The van der Waals surface area contributed by atoms with Gasteiger partial charge in [0.15, 0.2) is 5.82 Å². The number of amides is 1. The van der Waals surface area contributed by atoms with Crippen molar-refractivity contribution < 1.29 is 13.7 Å². The maximum absolute atomic E-state index is 14.6. The lowest BCUT2D eigenvalue weighted by atomic mass is 9.41. The predicted octanol–water partition coefficient (Wildman–Crippen LogP) is 6.97. The molecule has 0 atom stereocenters. The van der Waals surface area contributed by atoms with Crippen molar-refractivity contribution in [1.29, 1.82) is 0 Å². The highest BCUT2D eigenvalue weighted by atomic mass is 19.1. The molecule has 220 valence electrons. The summed E-state index contributed by atoms with van der Waals surface area (Å²) in [7, 11) is 0. The molecule has 43 heavy (non-hydrogen) atoms. The van der Waals surface area contributed by atoms with Crippen LogP contribution in [0.2, 0.25) is 0 Å². The second-order valence-corrected chi connectivity index (χ2v) is 14.5. The van der Waals surface area contributed by atoms with E-state index in [0.29, 0.717) is 31.7 Å². The van der Waals surface area contributed by atoms with E-state index in [1.807, 2.05) is 35.2 Å². The first-order valence-electron chi connectivity index (χ1n) is 15.8. The molecule has 7 nitrogen and oxygen atoms in total. The Morgan fingerprint density at radius 3 is 2.42 bits per heavy atom. The lowest BCUT2D eigenvalue weighted by Crippen LogP contribution is -2.71. The number of aromatic amines is 1. The van der Waals surface area contributed by atoms with Crippen molar-refractivity contribution in [2.45, 2.75) is 87.6 Å². The molecule has 1 amide bonds. The number of carbonyl (C=O) groups is 1. The number of anilines is 1. The van der Waals surface area contributed by atoms with Gasteiger partial charge in [0.2, 0.25) is 17.4 Å². The van der Waals surface area contributed by atoms with E-state index in [1.165, 1.54) is 6.07 Å². The number of halogens is 1. The number of fused-ring (bicyclic) bond motifs is 4. The molecule has 4 aromatic rings. The number of pyridine rings is 1. The first-order valence-corrected chi connectivity index (χ1v) is 15.8. The van der Waals surface area contributed by atoms with Gasteiger partial charge in [0, 0.05) is 35.1 Å². The van der Waals surface area contributed by atoms with E-state index in [4.69, 9.17) is 9.51 Å². The Balaban J connectivity index is 1.02. The van der Waals surface area contributed by atoms with Crippen molar-refractivity contribution in [3.63, 3.8) is 0 Å². The van der Waals surface area contributed by atoms with Crippen LogP contribution in [0.3, 0.4) is 0 Å². The summed E-state index contributed by atoms with van der Waals surface area (Å²) in [6.07, 6.45) is 9.43. The summed E-state index contributed by atoms with van der Waals surface area (Å²) < 4.78 is 20.5. The van der Waals surface area contributed by atoms with E-state index in [1.54, 1.807) is 0 Å². The number of hydrogen-bond acceptors (Lipinski definition) is 5. The highest BCUT2D eigenvalue weighted by molar-refractivity contribution is 6.01. The molecule has 7 aliphatic rings. The van der Waals surface area contributed by atoms with Crippen LogP contribution < -0.4 is 10.5 Å². The average molecular weight is 579 g/mol. The van der Waals surface area contributed by atoms with E-state index in [9.17, 15) is 14.0 Å². The normalized spacial score (nSPS) is 32.3. The van der Waals surface area contributed by atoms with Crippen LogP contribution >= 0.6 is 0 Å². The van der Waals surface area contributed by atoms with Gasteiger partial charge in [-0.2, -0.15) is 4.98 Å². The fraction of sp³-hybridized carbons (Fsp3) is 0.486. The molecule has 1 N–H and O–H groups in total. The van der Waals surface area contributed by atoms with Gasteiger partial charge < -0.3 is 14.4 Å². The van der Waals surface area contributed by atoms with Crippen LogP contribution in [0.4, 0.5) is 10.1 Å². The molecule has 7 fully saturated rings. The Hall–Kier alpha value is -3.81. The molecular formula is C35H35FN4O3. The highest BCUT2D eigenvalue weighted by Gasteiger charge is 2.73. The average Bonchev–Trinajstić information content (AvgIpc) is 3.73. The van der Waals surface area contributed by atoms with Crippen LogP contribution in [0.5, 0.6) is 0 Å². The van der Waals surface area contributed by atoms with E-state index >= 15 is 0 Å². The number of nitrogens with zero attached hydrogens (tertiary/aromatic N) is 3. The number of H-pyrrole nitrogens is 1. The Morgan fingerprint density at radius 1 is 0.953 bits per heavy atom. The van der Waals surface area contributed by atoms with Gasteiger partial charge in [-0.05, 0) is 123 Å². The van der Waals surface area contributed by atoms with Gasteiger partial charge in [0.1, 0.15) is 5.67 Å². The second-order valence-electron chi connectivity index (χ2n) is 14.5. The van der Waals surface area contributed by atoms with Crippen LogP contribution in [0, 0.1) is 10.8 Å². The lowest BCUT2D eigenvalue weighted by molar-refractivity contribution is -0.211. The minimum absolute atomic E-state index is 0.0263. The third kappa shape index (κ3) is 3.97. The Labute approximate surface area is 248 Å². The van der Waals surface area contributed by atoms with Crippen LogP contribution in [0.25, 0.3) is 22.0 Å². The Kier molecular flexibility index (Phi) is 5.16. The highest BCUT2D eigenvalue weighted by Crippen LogP contribution is 2.70. The number of rotatable bonds is 7. The van der Waals surface area contributed by atoms with Crippen LogP contribution in [0.1, 0.15) is 88.3 Å². The molecule has 4 bridgehead atoms. The topological polar surface area (TPSA) is 92.1 Å². The Bertz CT molecular complexity index is 1810. The fourth-order valence-corrected chi connectivity index (χ4v) is 8.76. The zero-order chi connectivity index (χ0) is 29.0. The van der Waals surface area contributed by atoms with Gasteiger partial charge in [0.25, 0.3) is 0 Å². The first-order chi connectivity index (χ1) is 20.8. The number of nitrogens with one attached hydrogen (secondary N) is 1. The molecule has 7 aliphatic carbocycles. The van der Waals surface area contributed by atoms with Gasteiger partial charge in [-0.15, -0.1) is 0 Å². The molecule has 0 spiro atoms. The van der Waals surface area contributed by atoms with Crippen molar-refractivity contribution in [3.05, 3.63) is 76.7 Å². The zero-order valence-corrected chi connectivity index (χ0v) is 24.2. The molecule has 0 aliphatic heterocycles. The van der Waals surface area contributed by atoms with E-state index < -0.39 is 11.1 Å². The number of carbonyl (C=O) groups excluding carboxylic acids is 1. The second kappa shape index (κ2) is 8.64. The summed E-state index contributed by atoms with van der Waals surface area (Å²) >= 11 is 0. The number of hydrogen-bond donors (Lipinski definition) is 1. The van der Waals surface area contributed by atoms with E-state index in [-0.39, 0.29) is 22.3 Å². The summed E-state index contributed by atoms with van der Waals surface area (Å²) in [4.78, 5) is 35.8. The largest absolute Gasteiger partial charge is 0.339 e. The summed E-state index contributed by atoms with van der Waals surface area (Å²) in [6.45, 7) is 0.655. The SMILES string of the molecule is O=C(N(CC12CCC(c3nc(C4CC4)no3)(CC1)CC2)c1cccc(-c2ccc3[nH]c(=O)ccc3c2)c1)C12CC(F)(C1)C2. The van der Waals surface area contributed by atoms with Crippen molar-refractivity contribution >= 4 is 22.5 Å². The molecular weight excluding hydrogens is 543 g/mol. The zero-order valence-electron chi connectivity index (χ0n) is 24.2. The van der Waals surface area contributed by atoms with Crippen molar-refractivity contribution in [2.24, 2.45) is 10.8 Å². The molecule has 8 heteroatoms. The van der Waals surface area contributed by atoms with E-state index in [0.717, 1.165) is 90.8 Å². The molecule has 2 aromatic carbocycles. The van der Waals surface area contributed by atoms with Crippen molar-refractivity contribution in [2.75, 3.05) is 11.4 Å². The van der Waals surface area contributed by atoms with Gasteiger partial charge >= 0.3 is 0 Å². The summed E-state index contributed by atoms with van der Waals surface area (Å²) in [5.74, 6) is 2.27. The number of aromatic nitrogens is 3. The first kappa shape index (κ1) is 25.7. The van der Waals surface area contributed by atoms with Crippen LogP contribution in [-0.4, -0.2) is 33.2 Å². The van der Waals surface area contributed by atoms with Crippen molar-refractivity contribution in [3.8, 4) is 11.1 Å². The van der Waals surface area contributed by atoms with Gasteiger partial charge in [-0.25, -0.2) is 4.39 Å². The van der Waals surface area contributed by atoms with E-state index in [2.05, 4.69) is 28.3 Å². The minimum atomic E-state index is -1.13. The standard InChI is InChI=1S/C35H35FN4O3/c36-35-18-34(19-35,20-35)31(42)40(26-3-1-2-23(17-26)24-6-8-27-25(16-24)7-9-28(41)37-27)21-32-10-13-33(14-11-32,15-12-32)30-38-29(39-43-30)22-4-5-22/h1-3,6-9,16-17,22H,4-5,10-15,18-21H2,(H,37,41). The summed E-state index contributed by atoms with van der Waals surface area (Å²) in [6, 6.07) is 17.6. The molecule has 11 rings (SSSR count). The quantitative estimate of drug-likeness (QED) is 0.256. The molecule has 2 aromatic heterocycles. The van der Waals surface area contributed by atoms with Gasteiger partial charge in [-0.3, -0.25) is 9.59 Å². The monoisotopic (exact) mass is 578 g/mol. The summed E-state index contributed by atoms with van der Waals surface area (Å²) in [5, 5.41) is 5.27. The van der Waals surface area contributed by atoms with Crippen molar-refractivity contribution in [1.82, 2.24) is 15.1 Å². The lowest BCUT2D eigenvalue weighted by Gasteiger charge is -2.65. The third-order valence-electron chi connectivity index (χ3n) is 11.6. The molecule has 0 saturated heterocycles. The maximum Gasteiger partial charge on any atom is 0.248 e. The van der Waals surface area contributed by atoms with Gasteiger partial charge in [0.05, 0.1) is 5.41 Å². The summed E-state index contributed by atoms with van der Waals surface area (Å²) in [5.41, 5.74) is 1.89. The number of benzene rings is 2. The van der Waals surface area contributed by atoms with Crippen LogP contribution in [-0.2, 0) is 10.2 Å². The number of alkyl halides is 1. The molecule has 2 heterocycles. The smallest absolute Gasteiger partial charge is 0.248 e. The minimum Gasteiger partial charge on any atom is -0.339 e. The predicted molar refractivity (Wildman–Crippen MR) is 161 cm³/mol. The molecule has 0 unspecified atom stereocenters. The fourth-order valence-electron chi connectivity index (χ4n) is 8.76. The van der Waals surface area contributed by atoms with Crippen LogP contribution in [0.15, 0.2) is 63.9 Å². The molecule has 0 radical (unpaired) electrons. The van der Waals surface area contributed by atoms with Gasteiger partial charge in [-0.1, -0.05) is 23.4 Å². The third-order valence-corrected chi connectivity index (χ3v) is 11.6. The molecule has 7 saturated carbocycles.